The van der Waals surface area contributed by atoms with Crippen LogP contribution in [-0.4, -0.2) is 37.4 Å². The molecule has 204 valence electrons. The maximum atomic E-state index is 13.2. The number of benzene rings is 2. The van der Waals surface area contributed by atoms with E-state index in [0.29, 0.717) is 64.0 Å². The molecule has 2 atom stereocenters. The molecule has 2 aliphatic heterocycles. The number of anilines is 2. The summed E-state index contributed by atoms with van der Waals surface area (Å²) in [6.07, 6.45) is -1.48. The first kappa shape index (κ1) is 27.6. The van der Waals surface area contributed by atoms with Crippen LogP contribution in [0.4, 0.5) is 24.5 Å². The van der Waals surface area contributed by atoms with Crippen LogP contribution >= 0.6 is 0 Å². The summed E-state index contributed by atoms with van der Waals surface area (Å²) in [6, 6.07) is 12.1. The molecule has 4 rings (SSSR count). The van der Waals surface area contributed by atoms with Gasteiger partial charge in [-0.15, -0.1) is 0 Å². The van der Waals surface area contributed by atoms with Gasteiger partial charge in [-0.2, -0.15) is 13.2 Å². The van der Waals surface area contributed by atoms with E-state index in [2.05, 4.69) is 16.0 Å². The van der Waals surface area contributed by atoms with Gasteiger partial charge in [0.05, 0.1) is 23.3 Å². The molecular weight excluding hydrogens is 499 g/mol. The standard InChI is InChI=1S/C28H32F3N3O4/c29-28(30,31)22-4-1-2-5-23(22)34-21-10-7-19(8-11-21)16-33-26(37)27(14-15-38-18-27)13-3-6-24(35)20-9-12-25(36)32-17-20/h1-2,4-5,7-8,10-11,20,34H,3,6,9,12-18H2,(H,32,36)(H,33,37). The van der Waals surface area contributed by atoms with Crippen molar-refractivity contribution in [1.29, 1.82) is 0 Å². The van der Waals surface area contributed by atoms with Crippen molar-refractivity contribution in [3.8, 4) is 0 Å². The molecule has 2 saturated heterocycles. The second-order valence-corrected chi connectivity index (χ2v) is 9.99. The summed E-state index contributed by atoms with van der Waals surface area (Å²) >= 11 is 0. The zero-order valence-corrected chi connectivity index (χ0v) is 21.0. The zero-order chi connectivity index (χ0) is 27.2. The Morgan fingerprint density at radius 1 is 1.11 bits per heavy atom. The number of Topliss-reactive ketones (excluding diaryl/α,β-unsaturated/α-hetero) is 1. The Labute approximate surface area is 219 Å². The molecule has 38 heavy (non-hydrogen) atoms. The molecule has 7 nitrogen and oxygen atoms in total. The Balaban J connectivity index is 1.29. The number of halogens is 3. The predicted molar refractivity (Wildman–Crippen MR) is 135 cm³/mol. The number of hydrogen-bond donors (Lipinski definition) is 3. The molecular formula is C28H32F3N3O4. The highest BCUT2D eigenvalue weighted by molar-refractivity contribution is 5.85. The second kappa shape index (κ2) is 12.0. The van der Waals surface area contributed by atoms with E-state index in [1.54, 1.807) is 24.3 Å². The van der Waals surface area contributed by atoms with Crippen molar-refractivity contribution in [2.45, 2.75) is 51.2 Å². The number of alkyl halides is 3. The fraction of sp³-hybridized carbons (Fsp3) is 0.464. The summed E-state index contributed by atoms with van der Waals surface area (Å²) < 4.78 is 45.3. The van der Waals surface area contributed by atoms with Gasteiger partial charge in [-0.3, -0.25) is 14.4 Å². The van der Waals surface area contributed by atoms with Crippen LogP contribution in [-0.2, 0) is 31.8 Å². The fourth-order valence-corrected chi connectivity index (χ4v) is 4.98. The minimum Gasteiger partial charge on any atom is -0.380 e. The van der Waals surface area contributed by atoms with Crippen molar-refractivity contribution >= 4 is 29.0 Å². The molecule has 2 aliphatic rings. The highest BCUT2D eigenvalue weighted by atomic mass is 19.4. The molecule has 3 N–H and O–H groups in total. The lowest BCUT2D eigenvalue weighted by Crippen LogP contribution is -2.41. The van der Waals surface area contributed by atoms with Gasteiger partial charge in [0.25, 0.3) is 0 Å². The first-order valence-corrected chi connectivity index (χ1v) is 12.8. The first-order chi connectivity index (χ1) is 18.2. The number of amides is 2. The molecule has 2 aromatic carbocycles. The van der Waals surface area contributed by atoms with Crippen molar-refractivity contribution in [3.63, 3.8) is 0 Å². The van der Waals surface area contributed by atoms with Gasteiger partial charge in [0, 0.05) is 44.1 Å². The molecule has 0 aromatic heterocycles. The lowest BCUT2D eigenvalue weighted by molar-refractivity contribution is -0.137. The van der Waals surface area contributed by atoms with Gasteiger partial charge >= 0.3 is 6.18 Å². The minimum absolute atomic E-state index is 0.0227. The van der Waals surface area contributed by atoms with E-state index in [9.17, 15) is 27.6 Å². The smallest absolute Gasteiger partial charge is 0.380 e. The monoisotopic (exact) mass is 531 g/mol. The quantitative estimate of drug-likeness (QED) is 0.412. The van der Waals surface area contributed by atoms with Crippen molar-refractivity contribution in [3.05, 3.63) is 59.7 Å². The minimum atomic E-state index is -4.46. The molecule has 2 aromatic rings. The summed E-state index contributed by atoms with van der Waals surface area (Å²) in [5.41, 5.74) is -0.163. The zero-order valence-electron chi connectivity index (χ0n) is 21.0. The van der Waals surface area contributed by atoms with Crippen LogP contribution < -0.4 is 16.0 Å². The van der Waals surface area contributed by atoms with Gasteiger partial charge in [0.2, 0.25) is 11.8 Å². The summed E-state index contributed by atoms with van der Waals surface area (Å²) in [4.78, 5) is 37.0. The second-order valence-electron chi connectivity index (χ2n) is 9.99. The number of rotatable bonds is 10. The van der Waals surface area contributed by atoms with Crippen LogP contribution in [0.15, 0.2) is 48.5 Å². The Hall–Kier alpha value is -3.40. The summed E-state index contributed by atoms with van der Waals surface area (Å²) in [5.74, 6) is -0.193. The molecule has 0 saturated carbocycles. The molecule has 10 heteroatoms. The van der Waals surface area contributed by atoms with E-state index >= 15 is 0 Å². The molecule has 0 spiro atoms. The van der Waals surface area contributed by atoms with Crippen LogP contribution in [0.1, 0.15) is 49.7 Å². The molecule has 2 heterocycles. The van der Waals surface area contributed by atoms with Crippen LogP contribution in [0.5, 0.6) is 0 Å². The molecule has 0 radical (unpaired) electrons. The highest BCUT2D eigenvalue weighted by Gasteiger charge is 2.42. The maximum absolute atomic E-state index is 13.2. The van der Waals surface area contributed by atoms with Crippen LogP contribution in [0, 0.1) is 11.3 Å². The average Bonchev–Trinajstić information content (AvgIpc) is 3.38. The Kier molecular flexibility index (Phi) is 8.71. The Morgan fingerprint density at radius 2 is 1.87 bits per heavy atom. The number of nitrogens with one attached hydrogen (secondary N) is 3. The van der Waals surface area contributed by atoms with E-state index in [1.807, 2.05) is 0 Å². The first-order valence-electron chi connectivity index (χ1n) is 12.8. The van der Waals surface area contributed by atoms with E-state index in [0.717, 1.165) is 11.6 Å². The molecule has 2 fully saturated rings. The van der Waals surface area contributed by atoms with Crippen LogP contribution in [0.25, 0.3) is 0 Å². The highest BCUT2D eigenvalue weighted by Crippen LogP contribution is 2.36. The maximum Gasteiger partial charge on any atom is 0.418 e. The van der Waals surface area contributed by atoms with Gasteiger partial charge < -0.3 is 20.7 Å². The van der Waals surface area contributed by atoms with E-state index in [1.165, 1.54) is 18.2 Å². The summed E-state index contributed by atoms with van der Waals surface area (Å²) in [6.45, 7) is 1.43. The van der Waals surface area contributed by atoms with Gasteiger partial charge in [0.15, 0.2) is 0 Å². The number of ketones is 1. The van der Waals surface area contributed by atoms with Crippen LogP contribution in [0.3, 0.4) is 0 Å². The number of ether oxygens (including phenoxy) is 1. The van der Waals surface area contributed by atoms with Gasteiger partial charge in [-0.1, -0.05) is 24.3 Å². The molecule has 0 bridgehead atoms. The van der Waals surface area contributed by atoms with Gasteiger partial charge in [-0.05, 0) is 55.5 Å². The predicted octanol–water partition coefficient (Wildman–Crippen LogP) is 4.74. The third-order valence-corrected chi connectivity index (χ3v) is 7.30. The summed E-state index contributed by atoms with van der Waals surface area (Å²) in [7, 11) is 0. The van der Waals surface area contributed by atoms with Crippen molar-refractivity contribution < 1.29 is 32.3 Å². The normalized spacial score (nSPS) is 21.6. The van der Waals surface area contributed by atoms with E-state index in [-0.39, 0.29) is 35.7 Å². The van der Waals surface area contributed by atoms with E-state index < -0.39 is 17.2 Å². The fourth-order valence-electron chi connectivity index (χ4n) is 4.98. The SMILES string of the molecule is O=C1CCC(C(=O)CCCC2(C(=O)NCc3ccc(Nc4ccccc4C(F)(F)F)cc3)CCOC2)CN1. The Morgan fingerprint density at radius 3 is 2.53 bits per heavy atom. The summed E-state index contributed by atoms with van der Waals surface area (Å²) in [5, 5.41) is 8.51. The van der Waals surface area contributed by atoms with Crippen molar-refractivity contribution in [2.24, 2.45) is 11.3 Å². The lowest BCUT2D eigenvalue weighted by Gasteiger charge is -2.27. The number of carbonyl (C=O) groups is 3. The topological polar surface area (TPSA) is 96.5 Å². The lowest BCUT2D eigenvalue weighted by atomic mass is 9.80. The van der Waals surface area contributed by atoms with Gasteiger partial charge in [0.1, 0.15) is 5.78 Å². The molecule has 0 aliphatic carbocycles. The number of piperidine rings is 1. The molecule has 2 unspecified atom stereocenters. The number of para-hydroxylation sites is 1. The third kappa shape index (κ3) is 6.92. The molecule has 2 amide bonds. The van der Waals surface area contributed by atoms with Gasteiger partial charge in [-0.25, -0.2) is 0 Å². The largest absolute Gasteiger partial charge is 0.418 e. The van der Waals surface area contributed by atoms with E-state index in [4.69, 9.17) is 4.74 Å². The Bertz CT molecular complexity index is 1130. The third-order valence-electron chi connectivity index (χ3n) is 7.30. The van der Waals surface area contributed by atoms with Crippen molar-refractivity contribution in [2.75, 3.05) is 25.1 Å². The van der Waals surface area contributed by atoms with Crippen LogP contribution in [0.2, 0.25) is 0 Å². The average molecular weight is 532 g/mol. The number of carbonyl (C=O) groups excluding carboxylic acids is 3. The van der Waals surface area contributed by atoms with Crippen molar-refractivity contribution in [1.82, 2.24) is 10.6 Å². The number of hydrogen-bond acceptors (Lipinski definition) is 5.